The van der Waals surface area contributed by atoms with Crippen LogP contribution >= 0.6 is 23.5 Å². The zero-order valence-corrected chi connectivity index (χ0v) is 16.1. The normalized spacial score (nSPS) is 22.9. The van der Waals surface area contributed by atoms with E-state index in [2.05, 4.69) is 10.3 Å². The number of carboxylic acids is 1. The average Bonchev–Trinajstić information content (AvgIpc) is 2.73. The van der Waals surface area contributed by atoms with Gasteiger partial charge in [-0.25, -0.2) is 4.79 Å². The van der Waals surface area contributed by atoms with E-state index in [0.29, 0.717) is 0 Å². The summed E-state index contributed by atoms with van der Waals surface area (Å²) < 4.78 is 35.5. The van der Waals surface area contributed by atoms with Crippen molar-refractivity contribution in [3.05, 3.63) is 35.7 Å². The number of hydrogen-bond donors (Lipinski definition) is 2. The molecule has 2 N–H and O–H groups in total. The summed E-state index contributed by atoms with van der Waals surface area (Å²) in [5.74, 6) is -3.21. The Morgan fingerprint density at radius 3 is 2.82 bits per heavy atom. The first-order valence-electron chi connectivity index (χ1n) is 9.92. The quantitative estimate of drug-likeness (QED) is 0.363. The Balaban J connectivity index is 1.66. The van der Waals surface area contributed by atoms with E-state index in [1.807, 2.05) is 0 Å². The molecule has 0 bridgehead atoms. The van der Waals surface area contributed by atoms with Crippen LogP contribution in [0.3, 0.4) is 0 Å². The molecular weight excluding hydrogens is 406 g/mol. The summed E-state index contributed by atoms with van der Waals surface area (Å²) in [4.78, 5) is 52.1. The second-order valence-corrected chi connectivity index (χ2v) is 7.79. The van der Waals surface area contributed by atoms with Crippen molar-refractivity contribution in [2.24, 2.45) is 0 Å². The van der Waals surface area contributed by atoms with Gasteiger partial charge in [0.05, 0.1) is 11.2 Å². The smallest absolute Gasteiger partial charge is 0.352 e. The number of ether oxygens (including phenoxy) is 1. The van der Waals surface area contributed by atoms with Crippen molar-refractivity contribution in [3.8, 4) is 0 Å². The molecule has 9 nitrogen and oxygen atoms in total. The van der Waals surface area contributed by atoms with Gasteiger partial charge in [-0.1, -0.05) is 0 Å². The van der Waals surface area contributed by atoms with E-state index >= 15 is 0 Å². The fourth-order valence-corrected chi connectivity index (χ4v) is 4.55. The molecular formula is C17H17N3O6S2. The second-order valence-electron chi connectivity index (χ2n) is 5.70. The molecule has 2 atom stereocenters. The highest BCUT2D eigenvalue weighted by Crippen LogP contribution is 2.40. The number of pyridine rings is 1. The lowest BCUT2D eigenvalue weighted by atomic mass is 10.0. The first kappa shape index (κ1) is 15.4. The molecule has 1 fully saturated rings. The summed E-state index contributed by atoms with van der Waals surface area (Å²) in [6.45, 7) is 0.939. The number of β-lactam (4-membered cyclic amide) rings is 1. The lowest BCUT2D eigenvalue weighted by molar-refractivity contribution is -0.150. The highest BCUT2D eigenvalue weighted by atomic mass is 32.2. The van der Waals surface area contributed by atoms with Crippen LogP contribution in [-0.4, -0.2) is 68.3 Å². The number of fused-ring (bicyclic) bond motifs is 1. The second kappa shape index (κ2) is 8.65. The predicted molar refractivity (Wildman–Crippen MR) is 101 cm³/mol. The molecule has 0 saturated carbocycles. The van der Waals surface area contributed by atoms with Crippen molar-refractivity contribution in [2.45, 2.75) is 23.2 Å². The number of esters is 1. The van der Waals surface area contributed by atoms with Gasteiger partial charge in [-0.05, 0) is 12.1 Å². The molecule has 11 heteroatoms. The summed E-state index contributed by atoms with van der Waals surface area (Å²) in [5, 5.41) is 11.4. The zero-order valence-electron chi connectivity index (χ0n) is 18.5. The third kappa shape index (κ3) is 4.30. The summed E-state index contributed by atoms with van der Waals surface area (Å²) in [6, 6.07) is -1.69. The van der Waals surface area contributed by atoms with Crippen molar-refractivity contribution < 1.29 is 34.5 Å². The SMILES string of the molecule is [2H]c1nc([2H])c([2H])c(SCC(=O)N[C@@H]2C(=O)N3C(C(=O)O)=C(COC(C)=O)CS[C@H]23)c1[2H]. The highest BCUT2D eigenvalue weighted by molar-refractivity contribution is 8.00. The number of carbonyl (C=O) groups is 4. The van der Waals surface area contributed by atoms with Gasteiger partial charge in [0, 0.05) is 35.5 Å². The van der Waals surface area contributed by atoms with E-state index in [1.54, 1.807) is 0 Å². The first-order valence-corrected chi connectivity index (χ1v) is 9.96. The molecule has 2 aliphatic rings. The van der Waals surface area contributed by atoms with Gasteiger partial charge in [-0.2, -0.15) is 0 Å². The maximum atomic E-state index is 12.6. The molecule has 1 aromatic rings. The van der Waals surface area contributed by atoms with E-state index in [0.717, 1.165) is 16.7 Å². The van der Waals surface area contributed by atoms with E-state index in [1.165, 1.54) is 18.7 Å². The highest BCUT2D eigenvalue weighted by Gasteiger charge is 2.54. The van der Waals surface area contributed by atoms with Crippen molar-refractivity contribution in [1.29, 1.82) is 0 Å². The molecule has 0 unspecified atom stereocenters. The number of carboxylic acid groups (broad SMARTS) is 1. The molecule has 2 aliphatic heterocycles. The van der Waals surface area contributed by atoms with Gasteiger partial charge in [0.15, 0.2) is 0 Å². The van der Waals surface area contributed by atoms with Crippen molar-refractivity contribution in [2.75, 3.05) is 18.1 Å². The number of nitrogens with zero attached hydrogens (tertiary/aromatic N) is 2. The Kier molecular flexibility index (Phi) is 4.76. The van der Waals surface area contributed by atoms with E-state index in [4.69, 9.17) is 10.2 Å². The van der Waals surface area contributed by atoms with Crippen LogP contribution in [0.1, 0.15) is 12.4 Å². The van der Waals surface area contributed by atoms with Gasteiger partial charge in [-0.15, -0.1) is 23.5 Å². The lowest BCUT2D eigenvalue weighted by Crippen LogP contribution is -2.70. The molecule has 3 heterocycles. The topological polar surface area (TPSA) is 126 Å². The first-order chi connectivity index (χ1) is 15.0. The van der Waals surface area contributed by atoms with E-state index in [-0.39, 0.29) is 46.4 Å². The molecule has 0 aromatic carbocycles. The third-order valence-corrected chi connectivity index (χ3v) is 6.05. The van der Waals surface area contributed by atoms with Crippen LogP contribution in [-0.2, 0) is 23.9 Å². The van der Waals surface area contributed by atoms with Gasteiger partial charge in [-0.3, -0.25) is 24.3 Å². The summed E-state index contributed by atoms with van der Waals surface area (Å²) >= 11 is 2.01. The van der Waals surface area contributed by atoms with Crippen LogP contribution in [0, 0.1) is 0 Å². The van der Waals surface area contributed by atoms with Gasteiger partial charge < -0.3 is 15.2 Å². The monoisotopic (exact) mass is 427 g/mol. The number of aromatic nitrogens is 1. The number of aliphatic carboxylic acids is 1. The van der Waals surface area contributed by atoms with Gasteiger partial charge in [0.2, 0.25) is 5.91 Å². The van der Waals surface area contributed by atoms with E-state index in [9.17, 15) is 24.3 Å². The number of rotatable bonds is 7. The van der Waals surface area contributed by atoms with Crippen LogP contribution in [0.15, 0.2) is 40.6 Å². The number of hydrogen-bond acceptors (Lipinski definition) is 8. The van der Waals surface area contributed by atoms with Crippen LogP contribution in [0.5, 0.6) is 0 Å². The van der Waals surface area contributed by atoms with Crippen molar-refractivity contribution in [1.82, 2.24) is 15.2 Å². The standard InChI is InChI=1S/C17H17N3O6S2/c1-9(21)26-6-10-7-28-16-13(15(23)20(16)14(10)17(24)25)19-12(22)8-27-11-2-4-18-5-3-11/h2-5,13,16H,6-8H2,1H3,(H,19,22)(H,24,25)/t13-,16-/m1/s1/i2D,3D,4D,5D. The Morgan fingerprint density at radius 1 is 1.46 bits per heavy atom. The molecule has 28 heavy (non-hydrogen) atoms. The molecule has 2 amide bonds. The van der Waals surface area contributed by atoms with Crippen LogP contribution < -0.4 is 5.32 Å². The molecule has 1 saturated heterocycles. The minimum Gasteiger partial charge on any atom is -0.477 e. The molecule has 0 radical (unpaired) electrons. The molecule has 148 valence electrons. The zero-order chi connectivity index (χ0) is 23.7. The Bertz CT molecular complexity index is 1030. The molecule has 0 aliphatic carbocycles. The number of amides is 2. The fraction of sp³-hybridized carbons (Fsp3) is 0.353. The predicted octanol–water partition coefficient (Wildman–Crippen LogP) is 0.475. The fourth-order valence-electron chi connectivity index (χ4n) is 2.62. The van der Waals surface area contributed by atoms with Gasteiger partial charge >= 0.3 is 11.9 Å². The van der Waals surface area contributed by atoms with Crippen LogP contribution in [0.25, 0.3) is 0 Å². The Labute approximate surface area is 174 Å². The average molecular weight is 427 g/mol. The maximum absolute atomic E-state index is 12.6. The van der Waals surface area contributed by atoms with E-state index < -0.39 is 47.5 Å². The summed E-state index contributed by atoms with van der Waals surface area (Å²) in [5.41, 5.74) is 0.0176. The maximum Gasteiger partial charge on any atom is 0.352 e. The van der Waals surface area contributed by atoms with Crippen LogP contribution in [0.2, 0.25) is 0 Å². The van der Waals surface area contributed by atoms with Crippen molar-refractivity contribution >= 4 is 47.3 Å². The third-order valence-electron chi connectivity index (χ3n) is 3.81. The number of nitrogens with one attached hydrogen (secondary N) is 1. The molecule has 0 spiro atoms. The molecule has 3 rings (SSSR count). The minimum atomic E-state index is -1.34. The largest absolute Gasteiger partial charge is 0.477 e. The Hall–Kier alpha value is -2.53. The van der Waals surface area contributed by atoms with Crippen LogP contribution in [0.4, 0.5) is 0 Å². The Morgan fingerprint density at radius 2 is 2.18 bits per heavy atom. The molecule has 1 aromatic heterocycles. The number of thioether (sulfide) groups is 2. The lowest BCUT2D eigenvalue weighted by Gasteiger charge is -2.49. The van der Waals surface area contributed by atoms with Crippen molar-refractivity contribution in [3.63, 3.8) is 0 Å². The summed E-state index contributed by atoms with van der Waals surface area (Å²) in [7, 11) is 0. The van der Waals surface area contributed by atoms with Gasteiger partial charge in [0.25, 0.3) is 5.91 Å². The summed E-state index contributed by atoms with van der Waals surface area (Å²) in [6.07, 6.45) is -0.954. The minimum absolute atomic E-state index is 0.0371. The number of carbonyl (C=O) groups excluding carboxylic acids is 3. The van der Waals surface area contributed by atoms with Gasteiger partial charge in [0.1, 0.15) is 23.7 Å².